The molecule has 0 unspecified atom stereocenters. The first kappa shape index (κ1) is 21.0. The number of hydrogen-bond acceptors (Lipinski definition) is 7. The molecule has 2 aromatic heterocycles. The first-order valence-corrected chi connectivity index (χ1v) is 11.2. The smallest absolute Gasteiger partial charge is 0.247 e. The highest BCUT2D eigenvalue weighted by Gasteiger charge is 2.32. The molecular formula is C22H24N6O2S. The zero-order valence-corrected chi connectivity index (χ0v) is 18.1. The maximum absolute atomic E-state index is 13.1. The van der Waals surface area contributed by atoms with Gasteiger partial charge in [-0.3, -0.25) is 19.6 Å². The summed E-state index contributed by atoms with van der Waals surface area (Å²) >= 11 is 1.51. The maximum Gasteiger partial charge on any atom is 0.247 e. The number of aromatic nitrogens is 4. The Morgan fingerprint density at radius 1 is 1.23 bits per heavy atom. The van der Waals surface area contributed by atoms with Crippen LogP contribution in [0.4, 0.5) is 5.69 Å². The Kier molecular flexibility index (Phi) is 6.61. The van der Waals surface area contributed by atoms with E-state index in [0.29, 0.717) is 31.5 Å². The van der Waals surface area contributed by atoms with Crippen LogP contribution >= 0.6 is 11.3 Å². The van der Waals surface area contributed by atoms with Gasteiger partial charge in [-0.05, 0) is 44.7 Å². The molecule has 1 aliphatic heterocycles. The van der Waals surface area contributed by atoms with E-state index in [2.05, 4.69) is 25.5 Å². The van der Waals surface area contributed by atoms with E-state index in [0.717, 1.165) is 34.1 Å². The summed E-state index contributed by atoms with van der Waals surface area (Å²) in [6.07, 6.45) is 8.22. The summed E-state index contributed by atoms with van der Waals surface area (Å²) < 4.78 is 0. The van der Waals surface area contributed by atoms with Crippen molar-refractivity contribution in [2.24, 2.45) is 0 Å². The van der Waals surface area contributed by atoms with Gasteiger partial charge in [0, 0.05) is 42.8 Å². The number of anilines is 1. The molecule has 4 rings (SSSR count). The number of carbonyl (C=O) groups is 2. The van der Waals surface area contributed by atoms with Crippen LogP contribution < -0.4 is 5.32 Å². The Bertz CT molecular complexity index is 1050. The van der Waals surface area contributed by atoms with Crippen LogP contribution in [0, 0.1) is 6.92 Å². The van der Waals surface area contributed by atoms with Crippen LogP contribution in [0.5, 0.6) is 0 Å². The maximum atomic E-state index is 13.1. The number of nitrogens with zero attached hydrogens (tertiary/aromatic N) is 5. The Labute approximate surface area is 184 Å². The molecule has 160 valence electrons. The van der Waals surface area contributed by atoms with Crippen LogP contribution in [-0.4, -0.2) is 49.5 Å². The number of likely N-dealkylation sites (tertiary alicyclic amines) is 1. The summed E-state index contributed by atoms with van der Waals surface area (Å²) in [5, 5.41) is 12.9. The highest BCUT2D eigenvalue weighted by Crippen LogP contribution is 2.26. The van der Waals surface area contributed by atoms with Gasteiger partial charge >= 0.3 is 0 Å². The Hall–Kier alpha value is -3.20. The summed E-state index contributed by atoms with van der Waals surface area (Å²) in [7, 11) is 0. The van der Waals surface area contributed by atoms with E-state index in [1.807, 2.05) is 31.2 Å². The van der Waals surface area contributed by atoms with Crippen molar-refractivity contribution in [2.45, 2.75) is 45.1 Å². The van der Waals surface area contributed by atoms with Gasteiger partial charge in [0.15, 0.2) is 0 Å². The number of nitrogens with one attached hydrogen (secondary N) is 1. The summed E-state index contributed by atoms with van der Waals surface area (Å²) in [5.41, 5.74) is 2.37. The number of amides is 2. The SMILES string of the molecule is Cc1nnc(-c2cccc(NC(=O)[C@H]3CCCCN3C(=O)CCc3cnccn3)c2)s1. The number of piperidine rings is 1. The molecule has 0 saturated carbocycles. The standard InChI is InChI=1S/C22H24N6O2S/c1-15-26-27-22(31-15)16-5-4-6-17(13-16)25-21(30)19-7-2-3-12-28(19)20(29)9-8-18-14-23-10-11-24-18/h4-6,10-11,13-14,19H,2-3,7-9,12H2,1H3,(H,25,30)/t19-/m1/s1. The Morgan fingerprint density at radius 3 is 2.90 bits per heavy atom. The summed E-state index contributed by atoms with van der Waals surface area (Å²) in [6.45, 7) is 2.51. The van der Waals surface area contributed by atoms with Crippen LogP contribution in [0.3, 0.4) is 0 Å². The van der Waals surface area contributed by atoms with Crippen LogP contribution in [0.25, 0.3) is 10.6 Å². The molecule has 1 atom stereocenters. The van der Waals surface area contributed by atoms with Crippen LogP contribution in [0.2, 0.25) is 0 Å². The molecule has 0 radical (unpaired) electrons. The second-order valence-electron chi connectivity index (χ2n) is 7.49. The third-order valence-corrected chi connectivity index (χ3v) is 6.13. The fraction of sp³-hybridized carbons (Fsp3) is 0.364. The molecular weight excluding hydrogens is 412 g/mol. The number of rotatable bonds is 6. The zero-order valence-electron chi connectivity index (χ0n) is 17.3. The Morgan fingerprint density at radius 2 is 2.13 bits per heavy atom. The lowest BCUT2D eigenvalue weighted by Crippen LogP contribution is -2.50. The highest BCUT2D eigenvalue weighted by atomic mass is 32.1. The van der Waals surface area contributed by atoms with E-state index in [1.165, 1.54) is 11.3 Å². The molecule has 0 spiro atoms. The van der Waals surface area contributed by atoms with Crippen molar-refractivity contribution >= 4 is 28.8 Å². The number of benzene rings is 1. The van der Waals surface area contributed by atoms with Gasteiger partial charge < -0.3 is 10.2 Å². The predicted molar refractivity (Wildman–Crippen MR) is 118 cm³/mol. The van der Waals surface area contributed by atoms with Crippen LogP contribution in [-0.2, 0) is 16.0 Å². The lowest BCUT2D eigenvalue weighted by atomic mass is 10.00. The van der Waals surface area contributed by atoms with E-state index < -0.39 is 6.04 Å². The first-order valence-electron chi connectivity index (χ1n) is 10.4. The van der Waals surface area contributed by atoms with Crippen LogP contribution in [0.15, 0.2) is 42.9 Å². The minimum atomic E-state index is -0.462. The van der Waals surface area contributed by atoms with E-state index in [4.69, 9.17) is 0 Å². The van der Waals surface area contributed by atoms with Crippen molar-refractivity contribution in [1.29, 1.82) is 0 Å². The van der Waals surface area contributed by atoms with Crippen molar-refractivity contribution in [2.75, 3.05) is 11.9 Å². The third-order valence-electron chi connectivity index (χ3n) is 5.24. The molecule has 3 heterocycles. The zero-order chi connectivity index (χ0) is 21.6. The summed E-state index contributed by atoms with van der Waals surface area (Å²) in [4.78, 5) is 35.9. The fourth-order valence-corrected chi connectivity index (χ4v) is 4.40. The average Bonchev–Trinajstić information content (AvgIpc) is 3.24. The van der Waals surface area contributed by atoms with E-state index >= 15 is 0 Å². The molecule has 31 heavy (non-hydrogen) atoms. The number of aryl methyl sites for hydroxylation is 2. The molecule has 1 N–H and O–H groups in total. The summed E-state index contributed by atoms with van der Waals surface area (Å²) in [6, 6.07) is 7.10. The van der Waals surface area contributed by atoms with Gasteiger partial charge in [0.25, 0.3) is 0 Å². The summed E-state index contributed by atoms with van der Waals surface area (Å²) in [5.74, 6) is -0.179. The van der Waals surface area contributed by atoms with Gasteiger partial charge in [0.05, 0.1) is 5.69 Å². The second-order valence-corrected chi connectivity index (χ2v) is 8.67. The van der Waals surface area contributed by atoms with Crippen molar-refractivity contribution in [3.63, 3.8) is 0 Å². The first-order chi connectivity index (χ1) is 15.1. The van der Waals surface area contributed by atoms with Crippen molar-refractivity contribution in [3.8, 4) is 10.6 Å². The second kappa shape index (κ2) is 9.74. The molecule has 0 bridgehead atoms. The minimum Gasteiger partial charge on any atom is -0.331 e. The molecule has 8 nitrogen and oxygen atoms in total. The normalized spacial score (nSPS) is 16.2. The van der Waals surface area contributed by atoms with E-state index in [1.54, 1.807) is 23.5 Å². The molecule has 1 fully saturated rings. The van der Waals surface area contributed by atoms with E-state index in [9.17, 15) is 9.59 Å². The lowest BCUT2D eigenvalue weighted by Gasteiger charge is -2.34. The molecule has 9 heteroatoms. The van der Waals surface area contributed by atoms with Gasteiger partial charge in [0.1, 0.15) is 16.1 Å². The van der Waals surface area contributed by atoms with Gasteiger partial charge in [-0.25, -0.2) is 0 Å². The average molecular weight is 437 g/mol. The third kappa shape index (κ3) is 5.29. The minimum absolute atomic E-state index is 0.0245. The van der Waals surface area contributed by atoms with Crippen molar-refractivity contribution in [1.82, 2.24) is 25.1 Å². The number of hydrogen-bond donors (Lipinski definition) is 1. The molecule has 2 amide bonds. The topological polar surface area (TPSA) is 101 Å². The Balaban J connectivity index is 1.42. The molecule has 0 aliphatic carbocycles. The fourth-order valence-electron chi connectivity index (χ4n) is 3.71. The van der Waals surface area contributed by atoms with Crippen molar-refractivity contribution in [3.05, 3.63) is 53.6 Å². The number of carbonyl (C=O) groups excluding carboxylic acids is 2. The van der Waals surface area contributed by atoms with Crippen LogP contribution in [0.1, 0.15) is 36.4 Å². The molecule has 1 saturated heterocycles. The van der Waals surface area contributed by atoms with Gasteiger partial charge in [-0.1, -0.05) is 23.5 Å². The monoisotopic (exact) mass is 436 g/mol. The van der Waals surface area contributed by atoms with Gasteiger partial charge in [-0.2, -0.15) is 0 Å². The van der Waals surface area contributed by atoms with Gasteiger partial charge in [-0.15, -0.1) is 10.2 Å². The van der Waals surface area contributed by atoms with E-state index in [-0.39, 0.29) is 11.8 Å². The quantitative estimate of drug-likeness (QED) is 0.637. The predicted octanol–water partition coefficient (Wildman–Crippen LogP) is 3.26. The lowest BCUT2D eigenvalue weighted by molar-refractivity contribution is -0.140. The van der Waals surface area contributed by atoms with Crippen molar-refractivity contribution < 1.29 is 9.59 Å². The molecule has 1 aromatic carbocycles. The molecule has 1 aliphatic rings. The largest absolute Gasteiger partial charge is 0.331 e. The molecule has 3 aromatic rings. The highest BCUT2D eigenvalue weighted by molar-refractivity contribution is 7.14. The van der Waals surface area contributed by atoms with Gasteiger partial charge in [0.2, 0.25) is 11.8 Å².